The van der Waals surface area contributed by atoms with Crippen molar-refractivity contribution in [2.75, 3.05) is 12.4 Å². The fourth-order valence-electron chi connectivity index (χ4n) is 2.02. The number of rotatable bonds is 14. The number of aliphatic hydroxyl groups excluding tert-OH is 1. The minimum Gasteiger partial charge on any atom is -0.481 e. The van der Waals surface area contributed by atoms with Gasteiger partial charge in [-0.05, 0) is 6.42 Å². The van der Waals surface area contributed by atoms with Gasteiger partial charge in [0.1, 0.15) is 18.1 Å². The first-order chi connectivity index (χ1) is 13.9. The van der Waals surface area contributed by atoms with Crippen LogP contribution in [0, 0.1) is 0 Å². The van der Waals surface area contributed by atoms with Crippen LogP contribution in [0.1, 0.15) is 19.3 Å². The molecule has 0 saturated carbocycles. The third kappa shape index (κ3) is 10.0. The molecule has 4 unspecified atom stereocenters. The second-order valence-electron chi connectivity index (χ2n) is 6.02. The largest absolute Gasteiger partial charge is 0.481 e. The second-order valence-corrected chi connectivity index (χ2v) is 6.39. The summed E-state index contributed by atoms with van der Waals surface area (Å²) >= 11 is 3.87. The number of carboxylic acids is 3. The summed E-state index contributed by atoms with van der Waals surface area (Å²) in [4.78, 5) is 68.5. The number of aliphatic carboxylic acids is 3. The Kier molecular flexibility index (Phi) is 12.0. The second kappa shape index (κ2) is 13.3. The van der Waals surface area contributed by atoms with Crippen LogP contribution in [0.3, 0.4) is 0 Å². The summed E-state index contributed by atoms with van der Waals surface area (Å²) in [6, 6.07) is -5.98. The number of thiol groups is 1. The zero-order chi connectivity index (χ0) is 23.4. The third-order valence-electron chi connectivity index (χ3n) is 3.62. The Morgan fingerprint density at radius 1 is 0.800 bits per heavy atom. The summed E-state index contributed by atoms with van der Waals surface area (Å²) in [5.41, 5.74) is 5.35. The van der Waals surface area contributed by atoms with Gasteiger partial charge in [0.05, 0.1) is 19.1 Å². The monoisotopic (exact) mass is 452 g/mol. The number of hydrogen-bond donors (Lipinski definition) is 9. The van der Waals surface area contributed by atoms with Gasteiger partial charge in [-0.15, -0.1) is 0 Å². The lowest BCUT2D eigenvalue weighted by Gasteiger charge is -2.23. The Balaban J connectivity index is 5.00. The van der Waals surface area contributed by atoms with E-state index in [0.29, 0.717) is 0 Å². The standard InChI is InChI=1S/C15H24N4O10S/c16-6(3-11(23)24)12(25)18-8(4-20)13(26)19-9(5-30)14(27)17-7(15(28)29)1-2-10(21)22/h6-9,20,30H,1-5,16H2,(H,17,27)(H,18,25)(H,19,26)(H,21,22)(H,23,24)(H,28,29). The van der Waals surface area contributed by atoms with Crippen molar-refractivity contribution < 1.29 is 49.2 Å². The third-order valence-corrected chi connectivity index (χ3v) is 3.99. The van der Waals surface area contributed by atoms with Gasteiger partial charge in [0.15, 0.2) is 0 Å². The van der Waals surface area contributed by atoms with Crippen molar-refractivity contribution >= 4 is 48.3 Å². The lowest BCUT2D eigenvalue weighted by atomic mass is 10.1. The van der Waals surface area contributed by atoms with Crippen LogP contribution in [-0.4, -0.2) is 92.6 Å². The van der Waals surface area contributed by atoms with Crippen molar-refractivity contribution in [1.29, 1.82) is 0 Å². The fraction of sp³-hybridized carbons (Fsp3) is 0.600. The quantitative estimate of drug-likeness (QED) is 0.115. The molecule has 4 atom stereocenters. The predicted molar refractivity (Wildman–Crippen MR) is 101 cm³/mol. The van der Waals surface area contributed by atoms with Gasteiger partial charge in [0, 0.05) is 12.2 Å². The van der Waals surface area contributed by atoms with Gasteiger partial charge in [-0.3, -0.25) is 24.0 Å². The number of aliphatic hydroxyl groups is 1. The van der Waals surface area contributed by atoms with Gasteiger partial charge in [0.2, 0.25) is 17.7 Å². The molecule has 0 aliphatic carbocycles. The van der Waals surface area contributed by atoms with E-state index in [0.717, 1.165) is 0 Å². The zero-order valence-corrected chi connectivity index (χ0v) is 16.5. The predicted octanol–water partition coefficient (Wildman–Crippen LogP) is -3.89. The van der Waals surface area contributed by atoms with Gasteiger partial charge < -0.3 is 42.1 Å². The zero-order valence-electron chi connectivity index (χ0n) is 15.6. The summed E-state index contributed by atoms with van der Waals surface area (Å²) in [5.74, 6) is -7.46. The first-order valence-electron chi connectivity index (χ1n) is 8.47. The van der Waals surface area contributed by atoms with Crippen LogP contribution in [0.25, 0.3) is 0 Å². The molecule has 0 bridgehead atoms. The van der Waals surface area contributed by atoms with Crippen molar-refractivity contribution in [3.8, 4) is 0 Å². The molecule has 14 nitrogen and oxygen atoms in total. The molecule has 0 aliphatic heterocycles. The fourth-order valence-corrected chi connectivity index (χ4v) is 2.27. The first kappa shape index (κ1) is 27.1. The van der Waals surface area contributed by atoms with Crippen molar-refractivity contribution in [2.45, 2.75) is 43.4 Å². The van der Waals surface area contributed by atoms with Crippen LogP contribution in [0.15, 0.2) is 0 Å². The number of nitrogens with one attached hydrogen (secondary N) is 3. The lowest BCUT2D eigenvalue weighted by Crippen LogP contribution is -2.58. The smallest absolute Gasteiger partial charge is 0.326 e. The minimum atomic E-state index is -1.57. The SMILES string of the molecule is NC(CC(=O)O)C(=O)NC(CO)C(=O)NC(CS)C(=O)NC(CCC(=O)O)C(=O)O. The van der Waals surface area contributed by atoms with Gasteiger partial charge >= 0.3 is 17.9 Å². The maximum absolute atomic E-state index is 12.2. The molecule has 0 spiro atoms. The molecular formula is C15H24N4O10S. The Bertz CT molecular complexity index is 674. The molecule has 15 heteroatoms. The van der Waals surface area contributed by atoms with Gasteiger partial charge in [0.25, 0.3) is 0 Å². The van der Waals surface area contributed by atoms with Crippen molar-refractivity contribution in [3.05, 3.63) is 0 Å². The van der Waals surface area contributed by atoms with Crippen LogP contribution >= 0.6 is 12.6 Å². The lowest BCUT2D eigenvalue weighted by molar-refractivity contribution is -0.143. The molecule has 0 saturated heterocycles. The number of nitrogens with two attached hydrogens (primary N) is 1. The molecular weight excluding hydrogens is 428 g/mol. The molecule has 0 fully saturated rings. The van der Waals surface area contributed by atoms with Gasteiger partial charge in [-0.25, -0.2) is 4.79 Å². The van der Waals surface area contributed by atoms with E-state index in [-0.39, 0.29) is 5.75 Å². The molecule has 0 aromatic heterocycles. The number of hydrogen-bond acceptors (Lipinski definition) is 9. The van der Waals surface area contributed by atoms with Crippen molar-refractivity contribution in [1.82, 2.24) is 16.0 Å². The van der Waals surface area contributed by atoms with Gasteiger partial charge in [-0.1, -0.05) is 0 Å². The number of carbonyl (C=O) groups is 6. The van der Waals surface area contributed by atoms with E-state index in [2.05, 4.69) is 23.3 Å². The maximum Gasteiger partial charge on any atom is 0.326 e. The molecule has 0 aromatic rings. The summed E-state index contributed by atoms with van der Waals surface area (Å²) < 4.78 is 0. The Morgan fingerprint density at radius 2 is 1.30 bits per heavy atom. The summed E-state index contributed by atoms with van der Waals surface area (Å²) in [6.07, 6.45) is -1.65. The average Bonchev–Trinajstić information content (AvgIpc) is 2.65. The summed E-state index contributed by atoms with van der Waals surface area (Å²) in [6.45, 7) is -0.908. The van der Waals surface area contributed by atoms with Crippen LogP contribution in [0.5, 0.6) is 0 Å². The molecule has 30 heavy (non-hydrogen) atoms. The highest BCUT2D eigenvalue weighted by molar-refractivity contribution is 7.80. The molecule has 0 heterocycles. The summed E-state index contributed by atoms with van der Waals surface area (Å²) in [7, 11) is 0. The van der Waals surface area contributed by atoms with Crippen LogP contribution < -0.4 is 21.7 Å². The number of carbonyl (C=O) groups excluding carboxylic acids is 3. The summed E-state index contributed by atoms with van der Waals surface area (Å²) in [5, 5.41) is 41.8. The highest BCUT2D eigenvalue weighted by Gasteiger charge is 2.30. The van der Waals surface area contributed by atoms with Crippen molar-refractivity contribution in [2.24, 2.45) is 5.73 Å². The van der Waals surface area contributed by atoms with E-state index in [1.807, 2.05) is 5.32 Å². The van der Waals surface area contributed by atoms with E-state index in [1.54, 1.807) is 0 Å². The Hall–Kier alpha value is -2.91. The molecule has 0 rings (SSSR count). The molecule has 9 N–H and O–H groups in total. The van der Waals surface area contributed by atoms with E-state index in [1.165, 1.54) is 0 Å². The van der Waals surface area contributed by atoms with Crippen LogP contribution in [-0.2, 0) is 28.8 Å². The van der Waals surface area contributed by atoms with Crippen LogP contribution in [0.4, 0.5) is 0 Å². The Labute approximate surface area is 175 Å². The molecule has 0 radical (unpaired) electrons. The van der Waals surface area contributed by atoms with E-state index in [4.69, 9.17) is 21.1 Å². The van der Waals surface area contributed by atoms with Crippen LogP contribution in [0.2, 0.25) is 0 Å². The number of carboxylic acid groups (broad SMARTS) is 3. The molecule has 0 aromatic carbocycles. The minimum absolute atomic E-state index is 0.298. The van der Waals surface area contributed by atoms with E-state index >= 15 is 0 Å². The normalized spacial score (nSPS) is 14.5. The van der Waals surface area contributed by atoms with Gasteiger partial charge in [-0.2, -0.15) is 12.6 Å². The highest BCUT2D eigenvalue weighted by atomic mass is 32.1. The van der Waals surface area contributed by atoms with E-state index in [9.17, 15) is 33.9 Å². The highest BCUT2D eigenvalue weighted by Crippen LogP contribution is 2.01. The number of amides is 3. The Morgan fingerprint density at radius 3 is 1.73 bits per heavy atom. The van der Waals surface area contributed by atoms with E-state index < -0.39 is 85.7 Å². The average molecular weight is 452 g/mol. The molecule has 3 amide bonds. The molecule has 0 aliphatic rings. The topological polar surface area (TPSA) is 245 Å². The molecule has 170 valence electrons. The van der Waals surface area contributed by atoms with Crippen molar-refractivity contribution in [3.63, 3.8) is 0 Å². The maximum atomic E-state index is 12.2. The first-order valence-corrected chi connectivity index (χ1v) is 9.10.